The molecule has 1 unspecified atom stereocenters. The standard InChI is InChI=1S/C20H23ClF3N5O2/c1-2-3-4-18(30)29(12-13-5-7-17(8-6-13)31-20(22,23)24)16-10-14(9-15(21)11-16)19-25-27-28-26-19/h5,7,9,11,16H,2-4,6,8,10,12H2,1H3,(H,25,26,27,28). The van der Waals surface area contributed by atoms with Gasteiger partial charge >= 0.3 is 6.36 Å². The summed E-state index contributed by atoms with van der Waals surface area (Å²) in [7, 11) is 0. The number of tetrazole rings is 1. The van der Waals surface area contributed by atoms with Gasteiger partial charge in [0.1, 0.15) is 5.76 Å². The average molecular weight is 458 g/mol. The highest BCUT2D eigenvalue weighted by atomic mass is 35.5. The molecule has 1 amide bonds. The number of H-pyrrole nitrogens is 1. The van der Waals surface area contributed by atoms with Crippen molar-refractivity contribution in [2.75, 3.05) is 6.54 Å². The molecule has 3 rings (SSSR count). The molecule has 0 bridgehead atoms. The number of unbranched alkanes of at least 4 members (excludes halogenated alkanes) is 1. The van der Waals surface area contributed by atoms with Crippen LogP contribution in [0.4, 0.5) is 13.2 Å². The Morgan fingerprint density at radius 3 is 2.77 bits per heavy atom. The second-order valence-electron chi connectivity index (χ2n) is 7.37. The third kappa shape index (κ3) is 6.68. The molecule has 1 heterocycles. The Kier molecular flexibility index (Phi) is 7.53. The van der Waals surface area contributed by atoms with Gasteiger partial charge in [-0.15, -0.1) is 18.3 Å². The van der Waals surface area contributed by atoms with Crippen molar-refractivity contribution in [3.63, 3.8) is 0 Å². The number of nitrogens with zero attached hydrogens (tertiary/aromatic N) is 4. The monoisotopic (exact) mass is 457 g/mol. The van der Waals surface area contributed by atoms with Gasteiger partial charge in [0.2, 0.25) is 5.91 Å². The normalized spacial score (nSPS) is 19.2. The van der Waals surface area contributed by atoms with Crippen LogP contribution in [0.15, 0.2) is 40.7 Å². The zero-order valence-electron chi connectivity index (χ0n) is 17.0. The summed E-state index contributed by atoms with van der Waals surface area (Å²) < 4.78 is 41.3. The second kappa shape index (κ2) is 10.1. The zero-order chi connectivity index (χ0) is 22.4. The molecule has 0 aliphatic heterocycles. The Morgan fingerprint density at radius 2 is 2.16 bits per heavy atom. The van der Waals surface area contributed by atoms with E-state index in [0.29, 0.717) is 36.7 Å². The van der Waals surface area contributed by atoms with Crippen LogP contribution >= 0.6 is 11.6 Å². The summed E-state index contributed by atoms with van der Waals surface area (Å²) in [4.78, 5) is 14.7. The number of alkyl halides is 3. The molecular formula is C20H23ClF3N5O2. The maximum Gasteiger partial charge on any atom is 0.572 e. The van der Waals surface area contributed by atoms with Crippen LogP contribution in [0, 0.1) is 0 Å². The molecule has 0 aromatic carbocycles. The van der Waals surface area contributed by atoms with Crippen molar-refractivity contribution in [3.8, 4) is 0 Å². The van der Waals surface area contributed by atoms with Crippen molar-refractivity contribution >= 4 is 23.1 Å². The Bertz CT molecular complexity index is 906. The van der Waals surface area contributed by atoms with Crippen LogP contribution in [0.5, 0.6) is 0 Å². The maximum absolute atomic E-state index is 13.0. The highest BCUT2D eigenvalue weighted by Gasteiger charge is 2.33. The molecule has 1 atom stereocenters. The Hall–Kier alpha value is -2.62. The summed E-state index contributed by atoms with van der Waals surface area (Å²) in [6.07, 6.45) is 4.72. The molecule has 168 valence electrons. The number of aromatic amines is 1. The lowest BCUT2D eigenvalue weighted by Gasteiger charge is -2.33. The van der Waals surface area contributed by atoms with Gasteiger partial charge in [-0.2, -0.15) is 0 Å². The van der Waals surface area contributed by atoms with Crippen LogP contribution in [0.1, 0.15) is 51.3 Å². The van der Waals surface area contributed by atoms with Crippen LogP contribution in [-0.4, -0.2) is 50.4 Å². The summed E-state index contributed by atoms with van der Waals surface area (Å²) in [5, 5.41) is 14.2. The van der Waals surface area contributed by atoms with E-state index in [4.69, 9.17) is 11.6 Å². The first-order chi connectivity index (χ1) is 14.7. The van der Waals surface area contributed by atoms with Crippen LogP contribution in [0.25, 0.3) is 5.57 Å². The van der Waals surface area contributed by atoms with Crippen LogP contribution < -0.4 is 0 Å². The lowest BCUT2D eigenvalue weighted by molar-refractivity contribution is -0.306. The minimum absolute atomic E-state index is 0.0354. The molecule has 0 saturated carbocycles. The van der Waals surface area contributed by atoms with E-state index in [1.54, 1.807) is 23.1 Å². The third-order valence-electron chi connectivity index (χ3n) is 5.02. The SMILES string of the molecule is CCCCC(=O)N(CC1=CC=C(OC(F)(F)F)CC1)C1C=C(Cl)C=C(c2nnn[nH]2)C1. The number of allylic oxidation sites excluding steroid dienone is 5. The molecule has 0 saturated heterocycles. The lowest BCUT2D eigenvalue weighted by Crippen LogP contribution is -2.41. The van der Waals surface area contributed by atoms with Crippen molar-refractivity contribution in [3.05, 3.63) is 46.5 Å². The quantitative estimate of drug-likeness (QED) is 0.615. The predicted octanol–water partition coefficient (Wildman–Crippen LogP) is 4.64. The summed E-state index contributed by atoms with van der Waals surface area (Å²) in [5.41, 5.74) is 1.62. The highest BCUT2D eigenvalue weighted by molar-refractivity contribution is 6.31. The fourth-order valence-electron chi connectivity index (χ4n) is 3.51. The Balaban J connectivity index is 1.78. The van der Waals surface area contributed by atoms with Crippen LogP contribution in [0.3, 0.4) is 0 Å². The van der Waals surface area contributed by atoms with Crippen molar-refractivity contribution in [2.24, 2.45) is 0 Å². The summed E-state index contributed by atoms with van der Waals surface area (Å²) in [5.74, 6) is 0.307. The first-order valence-electron chi connectivity index (χ1n) is 10.0. The van der Waals surface area contributed by atoms with Gasteiger partial charge in [-0.25, -0.2) is 5.10 Å². The van der Waals surface area contributed by atoms with Crippen LogP contribution in [-0.2, 0) is 9.53 Å². The minimum Gasteiger partial charge on any atom is -0.410 e. The Labute approximate surface area is 182 Å². The molecule has 0 spiro atoms. The van der Waals surface area contributed by atoms with Crippen molar-refractivity contribution in [1.82, 2.24) is 25.5 Å². The van der Waals surface area contributed by atoms with Gasteiger partial charge in [-0.1, -0.05) is 36.6 Å². The third-order valence-corrected chi connectivity index (χ3v) is 5.26. The summed E-state index contributed by atoms with van der Waals surface area (Å²) in [6.45, 7) is 2.30. The molecule has 2 aliphatic carbocycles. The first kappa shape index (κ1) is 23.1. The van der Waals surface area contributed by atoms with Gasteiger partial charge in [0.05, 0.1) is 6.04 Å². The molecular weight excluding hydrogens is 435 g/mol. The zero-order valence-corrected chi connectivity index (χ0v) is 17.7. The number of ether oxygens (including phenoxy) is 1. The molecule has 0 fully saturated rings. The van der Waals surface area contributed by atoms with E-state index in [-0.39, 0.29) is 24.1 Å². The van der Waals surface area contributed by atoms with E-state index in [1.165, 1.54) is 6.08 Å². The first-order valence-corrected chi connectivity index (χ1v) is 10.4. The largest absolute Gasteiger partial charge is 0.572 e. The smallest absolute Gasteiger partial charge is 0.410 e. The molecule has 1 N–H and O–H groups in total. The lowest BCUT2D eigenvalue weighted by atomic mass is 9.96. The molecule has 31 heavy (non-hydrogen) atoms. The number of rotatable bonds is 8. The Morgan fingerprint density at radius 1 is 1.35 bits per heavy atom. The number of nitrogens with one attached hydrogen (secondary N) is 1. The molecule has 2 aliphatic rings. The van der Waals surface area contributed by atoms with Crippen LogP contribution in [0.2, 0.25) is 0 Å². The van der Waals surface area contributed by atoms with E-state index in [9.17, 15) is 18.0 Å². The van der Waals surface area contributed by atoms with E-state index >= 15 is 0 Å². The molecule has 1 aromatic heterocycles. The molecule has 11 heteroatoms. The van der Waals surface area contributed by atoms with Gasteiger partial charge in [-0.3, -0.25) is 4.79 Å². The predicted molar refractivity (Wildman–Crippen MR) is 108 cm³/mol. The number of carbonyl (C=O) groups excluding carboxylic acids is 1. The van der Waals surface area contributed by atoms with Crippen molar-refractivity contribution < 1.29 is 22.7 Å². The van der Waals surface area contributed by atoms with E-state index in [1.807, 2.05) is 6.92 Å². The van der Waals surface area contributed by atoms with Gasteiger partial charge < -0.3 is 9.64 Å². The maximum atomic E-state index is 13.0. The van der Waals surface area contributed by atoms with E-state index in [0.717, 1.165) is 24.0 Å². The fourth-order valence-corrected chi connectivity index (χ4v) is 3.79. The van der Waals surface area contributed by atoms with E-state index in [2.05, 4.69) is 25.4 Å². The van der Waals surface area contributed by atoms with E-state index < -0.39 is 6.36 Å². The van der Waals surface area contributed by atoms with Gasteiger partial charge in [0.15, 0.2) is 5.82 Å². The van der Waals surface area contributed by atoms with Gasteiger partial charge in [-0.05, 0) is 41.5 Å². The average Bonchev–Trinajstić information content (AvgIpc) is 3.25. The fraction of sp³-hybridized carbons (Fsp3) is 0.500. The minimum atomic E-state index is -4.71. The van der Waals surface area contributed by atoms with Crippen molar-refractivity contribution in [1.29, 1.82) is 0 Å². The second-order valence-corrected chi connectivity index (χ2v) is 7.81. The molecule has 7 nitrogen and oxygen atoms in total. The van der Waals surface area contributed by atoms with Gasteiger partial charge in [0, 0.05) is 36.4 Å². The summed E-state index contributed by atoms with van der Waals surface area (Å²) >= 11 is 6.32. The number of aromatic nitrogens is 4. The number of hydrogen-bond donors (Lipinski definition) is 1. The van der Waals surface area contributed by atoms with Crippen molar-refractivity contribution in [2.45, 2.75) is 57.9 Å². The molecule has 1 aromatic rings. The number of halogens is 4. The van der Waals surface area contributed by atoms with Gasteiger partial charge in [0.25, 0.3) is 0 Å². The topological polar surface area (TPSA) is 84.0 Å². The number of carbonyl (C=O) groups is 1. The number of hydrogen-bond acceptors (Lipinski definition) is 5. The number of amides is 1. The highest BCUT2D eigenvalue weighted by Crippen LogP contribution is 2.31. The molecule has 0 radical (unpaired) electrons. The summed E-state index contributed by atoms with van der Waals surface area (Å²) in [6, 6.07) is -0.320.